The monoisotopic (exact) mass is 263 g/mol. The zero-order valence-corrected chi connectivity index (χ0v) is 10.7. The molecule has 0 radical (unpaired) electrons. The summed E-state index contributed by atoms with van der Waals surface area (Å²) in [5.74, 6) is 0.326. The summed E-state index contributed by atoms with van der Waals surface area (Å²) in [4.78, 5) is 16.7. The summed E-state index contributed by atoms with van der Waals surface area (Å²) in [6.07, 6.45) is 1.71. The smallest absolute Gasteiger partial charge is 0.264 e. The molecule has 0 fully saturated rings. The number of aryl methyl sites for hydroxylation is 1. The van der Waals surface area contributed by atoms with Crippen LogP contribution < -0.4 is 15.8 Å². The van der Waals surface area contributed by atoms with E-state index in [0.29, 0.717) is 16.6 Å². The van der Waals surface area contributed by atoms with Crippen LogP contribution in [0.4, 0.5) is 10.8 Å². The number of nitrogen functional groups attached to an aromatic ring is 1. The van der Waals surface area contributed by atoms with E-state index in [1.807, 2.05) is 6.92 Å². The molecule has 5 nitrogen and oxygen atoms in total. The fraction of sp³-hybridized carbons (Fsp3) is 0.167. The number of anilines is 2. The molecule has 0 bridgehead atoms. The number of ether oxygens (including phenoxy) is 1. The van der Waals surface area contributed by atoms with Crippen molar-refractivity contribution in [3.63, 3.8) is 0 Å². The molecular formula is C12H13N3O2S. The number of nitrogens with zero attached hydrogens (tertiary/aromatic N) is 1. The van der Waals surface area contributed by atoms with Gasteiger partial charge in [0.15, 0.2) is 11.7 Å². The molecular weight excluding hydrogens is 250 g/mol. The van der Waals surface area contributed by atoms with Crippen molar-refractivity contribution in [2.24, 2.45) is 0 Å². The Morgan fingerprint density at radius 2 is 2.39 bits per heavy atom. The number of carbonyl (C=O) groups excluding carboxylic acids is 1. The Bertz CT molecular complexity index is 554. The third-order valence-electron chi connectivity index (χ3n) is 2.10. The highest BCUT2D eigenvalue weighted by molar-refractivity contribution is 7.15. The first-order valence-corrected chi connectivity index (χ1v) is 6.16. The van der Waals surface area contributed by atoms with Gasteiger partial charge in [-0.2, -0.15) is 0 Å². The topological polar surface area (TPSA) is 77.2 Å². The molecule has 0 spiro atoms. The van der Waals surface area contributed by atoms with Crippen molar-refractivity contribution in [3.8, 4) is 5.75 Å². The highest BCUT2D eigenvalue weighted by atomic mass is 32.1. The quantitative estimate of drug-likeness (QED) is 0.828. The van der Waals surface area contributed by atoms with E-state index in [0.717, 1.165) is 4.88 Å². The minimum atomic E-state index is -0.244. The van der Waals surface area contributed by atoms with Crippen LogP contribution in [-0.4, -0.2) is 17.5 Å². The van der Waals surface area contributed by atoms with Gasteiger partial charge in [0.05, 0.1) is 0 Å². The number of nitrogens with one attached hydrogen (secondary N) is 1. The molecule has 2 aromatic rings. The predicted molar refractivity (Wildman–Crippen MR) is 71.8 cm³/mol. The summed E-state index contributed by atoms with van der Waals surface area (Å²) in [5, 5.41) is 3.24. The zero-order chi connectivity index (χ0) is 13.0. The molecule has 3 N–H and O–H groups in total. The van der Waals surface area contributed by atoms with Crippen LogP contribution in [0.1, 0.15) is 4.88 Å². The molecule has 0 aliphatic carbocycles. The average Bonchev–Trinajstić information content (AvgIpc) is 2.72. The first-order valence-electron chi connectivity index (χ1n) is 5.34. The van der Waals surface area contributed by atoms with E-state index < -0.39 is 0 Å². The lowest BCUT2D eigenvalue weighted by Crippen LogP contribution is -2.20. The summed E-state index contributed by atoms with van der Waals surface area (Å²) in [6.45, 7) is 1.86. The van der Waals surface area contributed by atoms with Crippen LogP contribution in [0.2, 0.25) is 0 Å². The first kappa shape index (κ1) is 12.4. The Labute approximate surface area is 109 Å². The summed E-state index contributed by atoms with van der Waals surface area (Å²) in [6, 6.07) is 6.94. The van der Waals surface area contributed by atoms with Crippen LogP contribution >= 0.6 is 11.3 Å². The van der Waals surface area contributed by atoms with Crippen LogP contribution in [-0.2, 0) is 4.79 Å². The maximum Gasteiger partial charge on any atom is 0.264 e. The number of rotatable bonds is 4. The van der Waals surface area contributed by atoms with Gasteiger partial charge in [0.2, 0.25) is 0 Å². The molecule has 0 saturated heterocycles. The fourth-order valence-corrected chi connectivity index (χ4v) is 2.00. The molecule has 1 aromatic heterocycles. The van der Waals surface area contributed by atoms with E-state index in [-0.39, 0.29) is 12.5 Å². The number of amides is 1. The molecule has 6 heteroatoms. The van der Waals surface area contributed by atoms with Gasteiger partial charge >= 0.3 is 0 Å². The van der Waals surface area contributed by atoms with E-state index >= 15 is 0 Å². The van der Waals surface area contributed by atoms with Gasteiger partial charge in [0.1, 0.15) is 5.75 Å². The molecule has 0 atom stereocenters. The third kappa shape index (κ3) is 3.46. The van der Waals surface area contributed by atoms with Gasteiger partial charge in [-0.15, -0.1) is 11.3 Å². The number of hydrogen-bond acceptors (Lipinski definition) is 5. The summed E-state index contributed by atoms with van der Waals surface area (Å²) in [7, 11) is 0. The van der Waals surface area contributed by atoms with Gasteiger partial charge in [-0.05, 0) is 19.1 Å². The molecule has 0 aliphatic heterocycles. The number of benzene rings is 1. The van der Waals surface area contributed by atoms with Crippen molar-refractivity contribution in [2.45, 2.75) is 6.92 Å². The molecule has 1 heterocycles. The van der Waals surface area contributed by atoms with Gasteiger partial charge in [0.25, 0.3) is 5.91 Å². The van der Waals surface area contributed by atoms with Crippen molar-refractivity contribution < 1.29 is 9.53 Å². The minimum absolute atomic E-state index is 0.0674. The molecule has 94 valence electrons. The van der Waals surface area contributed by atoms with E-state index in [9.17, 15) is 4.79 Å². The Morgan fingerprint density at radius 3 is 3.06 bits per heavy atom. The van der Waals surface area contributed by atoms with Gasteiger partial charge in [-0.25, -0.2) is 4.98 Å². The molecule has 0 saturated carbocycles. The molecule has 1 aromatic carbocycles. The van der Waals surface area contributed by atoms with Crippen molar-refractivity contribution in [1.29, 1.82) is 0 Å². The van der Waals surface area contributed by atoms with Gasteiger partial charge in [-0.3, -0.25) is 10.1 Å². The van der Waals surface area contributed by atoms with Crippen molar-refractivity contribution in [2.75, 3.05) is 17.7 Å². The second-order valence-corrected chi connectivity index (χ2v) is 4.92. The zero-order valence-electron chi connectivity index (χ0n) is 9.84. The highest BCUT2D eigenvalue weighted by Crippen LogP contribution is 2.17. The van der Waals surface area contributed by atoms with Crippen molar-refractivity contribution in [1.82, 2.24) is 4.98 Å². The maximum absolute atomic E-state index is 11.6. The molecule has 18 heavy (non-hydrogen) atoms. The van der Waals surface area contributed by atoms with Crippen LogP contribution in [0.3, 0.4) is 0 Å². The second-order valence-electron chi connectivity index (χ2n) is 3.69. The first-order chi connectivity index (χ1) is 8.63. The van der Waals surface area contributed by atoms with E-state index in [2.05, 4.69) is 10.3 Å². The molecule has 2 rings (SSSR count). The van der Waals surface area contributed by atoms with Crippen LogP contribution in [0.15, 0.2) is 30.5 Å². The van der Waals surface area contributed by atoms with Crippen LogP contribution in [0, 0.1) is 6.92 Å². The lowest BCUT2D eigenvalue weighted by Gasteiger charge is -2.06. The summed E-state index contributed by atoms with van der Waals surface area (Å²) >= 11 is 1.42. The molecule has 1 amide bonds. The van der Waals surface area contributed by atoms with E-state index in [4.69, 9.17) is 10.5 Å². The molecule has 0 unspecified atom stereocenters. The minimum Gasteiger partial charge on any atom is -0.484 e. The Hall–Kier alpha value is -2.08. The summed E-state index contributed by atoms with van der Waals surface area (Å²) < 4.78 is 5.31. The standard InChI is InChI=1S/C12H13N3O2S/c1-8-6-14-12(18-8)15-11(16)7-17-10-4-2-3-9(13)5-10/h2-6H,7,13H2,1H3,(H,14,15,16). The van der Waals surface area contributed by atoms with E-state index in [1.165, 1.54) is 11.3 Å². The van der Waals surface area contributed by atoms with Crippen molar-refractivity contribution >= 4 is 28.1 Å². The van der Waals surface area contributed by atoms with Gasteiger partial charge < -0.3 is 10.5 Å². The number of carbonyl (C=O) groups is 1. The number of hydrogen-bond donors (Lipinski definition) is 2. The fourth-order valence-electron chi connectivity index (χ4n) is 1.32. The lowest BCUT2D eigenvalue weighted by molar-refractivity contribution is -0.118. The SMILES string of the molecule is Cc1cnc(NC(=O)COc2cccc(N)c2)s1. The summed E-state index contributed by atoms with van der Waals surface area (Å²) in [5.41, 5.74) is 6.20. The second kappa shape index (κ2) is 5.50. The maximum atomic E-state index is 11.6. The number of aromatic nitrogens is 1. The largest absolute Gasteiger partial charge is 0.484 e. The normalized spacial score (nSPS) is 10.1. The Kier molecular flexibility index (Phi) is 3.78. The van der Waals surface area contributed by atoms with E-state index in [1.54, 1.807) is 30.5 Å². The number of thiazole rings is 1. The van der Waals surface area contributed by atoms with Gasteiger partial charge in [-0.1, -0.05) is 6.07 Å². The Balaban J connectivity index is 1.85. The predicted octanol–water partition coefficient (Wildman–Crippen LogP) is 2.05. The number of nitrogens with two attached hydrogens (primary N) is 1. The average molecular weight is 263 g/mol. The Morgan fingerprint density at radius 1 is 1.56 bits per heavy atom. The lowest BCUT2D eigenvalue weighted by atomic mass is 10.3. The highest BCUT2D eigenvalue weighted by Gasteiger charge is 2.06. The third-order valence-corrected chi connectivity index (χ3v) is 2.92. The van der Waals surface area contributed by atoms with Crippen molar-refractivity contribution in [3.05, 3.63) is 35.3 Å². The van der Waals surface area contributed by atoms with Crippen LogP contribution in [0.25, 0.3) is 0 Å². The molecule has 0 aliphatic rings. The van der Waals surface area contributed by atoms with Gasteiger partial charge in [0, 0.05) is 22.8 Å². The van der Waals surface area contributed by atoms with Crippen LogP contribution in [0.5, 0.6) is 5.75 Å².